The van der Waals surface area contributed by atoms with Crippen molar-refractivity contribution < 1.29 is 14.6 Å². The van der Waals surface area contributed by atoms with Gasteiger partial charge in [0.25, 0.3) is 11.5 Å². The van der Waals surface area contributed by atoms with Gasteiger partial charge in [0.15, 0.2) is 5.69 Å². The zero-order valence-electron chi connectivity index (χ0n) is 13.0. The summed E-state index contributed by atoms with van der Waals surface area (Å²) < 4.78 is 5.22. The quantitative estimate of drug-likeness (QED) is 0.655. The number of amides is 1. The molecule has 1 heterocycles. The van der Waals surface area contributed by atoms with Gasteiger partial charge in [-0.3, -0.25) is 19.6 Å². The predicted molar refractivity (Wildman–Crippen MR) is 85.5 cm³/mol. The van der Waals surface area contributed by atoms with Crippen LogP contribution in [0.15, 0.2) is 27.8 Å². The highest BCUT2D eigenvalue weighted by atomic mass is 16.5. The summed E-state index contributed by atoms with van der Waals surface area (Å²) in [7, 11) is 1.57. The van der Waals surface area contributed by atoms with Crippen LogP contribution < -0.4 is 21.3 Å². The minimum Gasteiger partial charge on any atom is -0.501 e. The minimum absolute atomic E-state index is 0.293. The third kappa shape index (κ3) is 2.90. The van der Waals surface area contributed by atoms with Gasteiger partial charge in [-0.15, -0.1) is 0 Å². The van der Waals surface area contributed by atoms with Crippen LogP contribution >= 0.6 is 0 Å². The lowest BCUT2D eigenvalue weighted by Crippen LogP contribution is -2.35. The zero-order valence-corrected chi connectivity index (χ0v) is 13.0. The molecule has 0 spiro atoms. The Labute approximate surface area is 136 Å². The van der Waals surface area contributed by atoms with Crippen molar-refractivity contribution >= 4 is 5.91 Å². The maximum atomic E-state index is 12.4. The van der Waals surface area contributed by atoms with Gasteiger partial charge in [-0.05, 0) is 42.5 Å². The Morgan fingerprint density at radius 2 is 2.12 bits per heavy atom. The van der Waals surface area contributed by atoms with E-state index < -0.39 is 28.6 Å². The van der Waals surface area contributed by atoms with E-state index in [1.165, 1.54) is 0 Å². The first-order valence-corrected chi connectivity index (χ1v) is 7.53. The van der Waals surface area contributed by atoms with Crippen molar-refractivity contribution in [3.63, 3.8) is 0 Å². The van der Waals surface area contributed by atoms with Gasteiger partial charge in [0, 0.05) is 0 Å². The van der Waals surface area contributed by atoms with Crippen LogP contribution in [0.3, 0.4) is 0 Å². The molecule has 0 saturated carbocycles. The summed E-state index contributed by atoms with van der Waals surface area (Å²) in [6.45, 7) is 0. The number of carbonyl (C=O) groups excluding carboxylic acids is 1. The van der Waals surface area contributed by atoms with E-state index in [1.54, 1.807) is 7.11 Å². The molecule has 1 atom stereocenters. The van der Waals surface area contributed by atoms with Gasteiger partial charge in [0.05, 0.1) is 13.2 Å². The average Bonchev–Trinajstić information content (AvgIpc) is 2.57. The predicted octanol–water partition coefficient (Wildman–Crippen LogP) is 0.585. The molecule has 0 saturated heterocycles. The number of hydrogen-bond donors (Lipinski definition) is 4. The molecule has 24 heavy (non-hydrogen) atoms. The minimum atomic E-state index is -1.00. The number of aryl methyl sites for hydroxylation is 1. The molecule has 0 bridgehead atoms. The number of ether oxygens (including phenoxy) is 1. The normalized spacial score (nSPS) is 16.3. The topological polar surface area (TPSA) is 124 Å². The molecule has 0 unspecified atom stereocenters. The lowest BCUT2D eigenvalue weighted by molar-refractivity contribution is 0.0923. The van der Waals surface area contributed by atoms with Gasteiger partial charge in [-0.2, -0.15) is 0 Å². The van der Waals surface area contributed by atoms with E-state index in [9.17, 15) is 19.5 Å². The Morgan fingerprint density at radius 3 is 2.88 bits per heavy atom. The van der Waals surface area contributed by atoms with Crippen LogP contribution in [-0.2, 0) is 6.42 Å². The Hall–Kier alpha value is -3.03. The maximum Gasteiger partial charge on any atom is 0.326 e. The SMILES string of the molecule is COc1ccc2c(c1)[C@@H](NC(=O)c1[nH]c(=O)[nH]c(=O)c1O)CCC2. The third-order valence-corrected chi connectivity index (χ3v) is 4.12. The van der Waals surface area contributed by atoms with Crippen LogP contribution in [0.4, 0.5) is 0 Å². The van der Waals surface area contributed by atoms with Gasteiger partial charge >= 0.3 is 5.69 Å². The van der Waals surface area contributed by atoms with Crippen molar-refractivity contribution in [2.24, 2.45) is 0 Å². The number of methoxy groups -OCH3 is 1. The monoisotopic (exact) mass is 331 g/mol. The van der Waals surface area contributed by atoms with Gasteiger partial charge in [0.1, 0.15) is 5.75 Å². The molecular weight excluding hydrogens is 314 g/mol. The fraction of sp³-hybridized carbons (Fsp3) is 0.312. The number of aromatic hydroxyl groups is 1. The standard InChI is InChI=1S/C16H17N3O5/c1-24-9-6-5-8-3-2-4-11(10(8)7-9)17-14(21)12-13(20)15(22)19-16(23)18-12/h5-7,11,20H,2-4H2,1H3,(H,17,21)(H2,18,19,22,23)/t11-/m0/s1. The van der Waals surface area contributed by atoms with E-state index >= 15 is 0 Å². The molecule has 1 amide bonds. The maximum absolute atomic E-state index is 12.4. The number of aromatic amines is 2. The van der Waals surface area contributed by atoms with Gasteiger partial charge in [0.2, 0.25) is 5.75 Å². The fourth-order valence-electron chi connectivity index (χ4n) is 2.93. The molecule has 8 nitrogen and oxygen atoms in total. The molecule has 3 rings (SSSR count). The molecule has 1 aliphatic rings. The smallest absolute Gasteiger partial charge is 0.326 e. The van der Waals surface area contributed by atoms with Crippen LogP contribution in [0, 0.1) is 0 Å². The summed E-state index contributed by atoms with van der Waals surface area (Å²) >= 11 is 0. The second-order valence-corrected chi connectivity index (χ2v) is 5.61. The highest BCUT2D eigenvalue weighted by Crippen LogP contribution is 2.32. The van der Waals surface area contributed by atoms with Gasteiger partial charge in [-0.25, -0.2) is 4.79 Å². The summed E-state index contributed by atoms with van der Waals surface area (Å²) in [4.78, 5) is 39.1. The first-order chi connectivity index (χ1) is 11.5. The zero-order chi connectivity index (χ0) is 17.3. The van der Waals surface area contributed by atoms with Crippen molar-refractivity contribution in [2.45, 2.75) is 25.3 Å². The number of H-pyrrole nitrogens is 2. The molecule has 1 aliphatic carbocycles. The van der Waals surface area contributed by atoms with Crippen molar-refractivity contribution in [3.05, 3.63) is 55.9 Å². The summed E-state index contributed by atoms with van der Waals surface area (Å²) in [6.07, 6.45) is 2.50. The largest absolute Gasteiger partial charge is 0.501 e. The number of aromatic nitrogens is 2. The van der Waals surface area contributed by atoms with E-state index in [4.69, 9.17) is 4.74 Å². The molecule has 1 aromatic heterocycles. The number of fused-ring (bicyclic) bond motifs is 1. The Balaban J connectivity index is 1.92. The Bertz CT molecular complexity index is 899. The van der Waals surface area contributed by atoms with E-state index in [0.29, 0.717) is 12.2 Å². The van der Waals surface area contributed by atoms with E-state index in [0.717, 1.165) is 24.0 Å². The van der Waals surface area contributed by atoms with E-state index in [1.807, 2.05) is 23.2 Å². The number of carbonyl (C=O) groups is 1. The number of rotatable bonds is 3. The van der Waals surface area contributed by atoms with Crippen molar-refractivity contribution in [1.29, 1.82) is 0 Å². The number of hydrogen-bond acceptors (Lipinski definition) is 5. The van der Waals surface area contributed by atoms with E-state index in [2.05, 4.69) is 10.3 Å². The highest BCUT2D eigenvalue weighted by molar-refractivity contribution is 5.94. The van der Waals surface area contributed by atoms with Crippen molar-refractivity contribution in [1.82, 2.24) is 15.3 Å². The fourth-order valence-corrected chi connectivity index (χ4v) is 2.93. The molecule has 8 heteroatoms. The first-order valence-electron chi connectivity index (χ1n) is 7.53. The second kappa shape index (κ2) is 6.23. The first kappa shape index (κ1) is 15.9. The van der Waals surface area contributed by atoms with Crippen LogP contribution in [0.5, 0.6) is 11.5 Å². The molecule has 0 aliphatic heterocycles. The summed E-state index contributed by atoms with van der Waals surface area (Å²) in [5.41, 5.74) is -0.265. The number of benzene rings is 1. The van der Waals surface area contributed by atoms with E-state index in [-0.39, 0.29) is 6.04 Å². The molecule has 2 aromatic rings. The lowest BCUT2D eigenvalue weighted by Gasteiger charge is -2.26. The molecule has 4 N–H and O–H groups in total. The number of nitrogens with one attached hydrogen (secondary N) is 3. The lowest BCUT2D eigenvalue weighted by atomic mass is 9.87. The van der Waals surface area contributed by atoms with Crippen LogP contribution in [0.1, 0.15) is 40.5 Å². The van der Waals surface area contributed by atoms with Crippen molar-refractivity contribution in [2.75, 3.05) is 7.11 Å². The molecule has 0 radical (unpaired) electrons. The van der Waals surface area contributed by atoms with Gasteiger partial charge in [-0.1, -0.05) is 6.07 Å². The Morgan fingerprint density at radius 1 is 1.33 bits per heavy atom. The molecule has 126 valence electrons. The highest BCUT2D eigenvalue weighted by Gasteiger charge is 2.25. The third-order valence-electron chi connectivity index (χ3n) is 4.12. The van der Waals surface area contributed by atoms with Crippen LogP contribution in [0.25, 0.3) is 0 Å². The van der Waals surface area contributed by atoms with Crippen LogP contribution in [0.2, 0.25) is 0 Å². The average molecular weight is 331 g/mol. The summed E-state index contributed by atoms with van der Waals surface area (Å²) in [5, 5.41) is 12.5. The molecule has 0 fully saturated rings. The summed E-state index contributed by atoms with van der Waals surface area (Å²) in [5.74, 6) is -0.840. The summed E-state index contributed by atoms with van der Waals surface area (Å²) in [6, 6.07) is 5.39. The molecular formula is C16H17N3O5. The van der Waals surface area contributed by atoms with Gasteiger partial charge < -0.3 is 15.2 Å². The van der Waals surface area contributed by atoms with Crippen molar-refractivity contribution in [3.8, 4) is 11.5 Å². The molecule has 1 aromatic carbocycles. The Kier molecular flexibility index (Phi) is 4.11. The second-order valence-electron chi connectivity index (χ2n) is 5.61. The van der Waals surface area contributed by atoms with Crippen LogP contribution in [-0.4, -0.2) is 28.1 Å².